The molecule has 2 aromatic heterocycles. The monoisotopic (exact) mass is 448 g/mol. The Hall–Kier alpha value is -3.29. The van der Waals surface area contributed by atoms with Crippen LogP contribution in [0.25, 0.3) is 0 Å². The number of aromatic nitrogens is 4. The number of hydrogen-bond acceptors (Lipinski definition) is 5. The van der Waals surface area contributed by atoms with Gasteiger partial charge >= 0.3 is 0 Å². The SMILES string of the molecule is Cc1nc([C@H]2CCCN(C(=O)c3cnn(C)c3)C2)nc2c1CCCN2Cc1ccc(F)cc1. The Morgan fingerprint density at radius 1 is 1.15 bits per heavy atom. The first-order valence-electron chi connectivity index (χ1n) is 11.6. The number of carbonyl (C=O) groups is 1. The molecule has 1 atom stereocenters. The summed E-state index contributed by atoms with van der Waals surface area (Å²) in [5.74, 6) is 1.71. The highest BCUT2D eigenvalue weighted by Crippen LogP contribution is 2.32. The number of nitrogens with zero attached hydrogens (tertiary/aromatic N) is 6. The Bertz CT molecular complexity index is 1160. The van der Waals surface area contributed by atoms with Crippen LogP contribution in [0, 0.1) is 12.7 Å². The third-order valence-corrected chi connectivity index (χ3v) is 6.68. The molecule has 0 spiro atoms. The molecule has 5 rings (SSSR count). The van der Waals surface area contributed by atoms with Crippen LogP contribution in [-0.4, -0.2) is 50.2 Å². The van der Waals surface area contributed by atoms with E-state index in [0.29, 0.717) is 18.7 Å². The van der Waals surface area contributed by atoms with E-state index in [2.05, 4.69) is 16.9 Å². The van der Waals surface area contributed by atoms with E-state index in [0.717, 1.165) is 61.7 Å². The summed E-state index contributed by atoms with van der Waals surface area (Å²) in [5, 5.41) is 4.14. The van der Waals surface area contributed by atoms with Gasteiger partial charge in [0, 0.05) is 56.6 Å². The largest absolute Gasteiger partial charge is 0.352 e. The third kappa shape index (κ3) is 4.47. The van der Waals surface area contributed by atoms with Crippen LogP contribution in [0.4, 0.5) is 10.2 Å². The van der Waals surface area contributed by atoms with Crippen LogP contribution in [0.5, 0.6) is 0 Å². The molecule has 0 N–H and O–H groups in total. The fourth-order valence-electron chi connectivity index (χ4n) is 4.94. The summed E-state index contributed by atoms with van der Waals surface area (Å²) in [6.45, 7) is 5.03. The second-order valence-electron chi connectivity index (χ2n) is 9.11. The molecular weight excluding hydrogens is 419 g/mol. The topological polar surface area (TPSA) is 67.2 Å². The first kappa shape index (κ1) is 21.6. The molecule has 0 radical (unpaired) electrons. The molecule has 8 heteroatoms. The number of aryl methyl sites for hydroxylation is 2. The fourth-order valence-corrected chi connectivity index (χ4v) is 4.94. The molecule has 4 heterocycles. The van der Waals surface area contributed by atoms with E-state index in [4.69, 9.17) is 9.97 Å². The van der Waals surface area contributed by atoms with E-state index < -0.39 is 0 Å². The zero-order valence-corrected chi connectivity index (χ0v) is 19.2. The lowest BCUT2D eigenvalue weighted by molar-refractivity contribution is 0.0704. The molecule has 7 nitrogen and oxygen atoms in total. The number of likely N-dealkylation sites (tertiary alicyclic amines) is 1. The van der Waals surface area contributed by atoms with Gasteiger partial charge in [0.1, 0.15) is 17.5 Å². The zero-order valence-electron chi connectivity index (χ0n) is 19.2. The van der Waals surface area contributed by atoms with Gasteiger partial charge in [-0.2, -0.15) is 5.10 Å². The van der Waals surface area contributed by atoms with Gasteiger partial charge in [-0.15, -0.1) is 0 Å². The minimum absolute atomic E-state index is 0.0143. The molecule has 0 aliphatic carbocycles. The molecule has 0 unspecified atom stereocenters. The number of anilines is 1. The van der Waals surface area contributed by atoms with Gasteiger partial charge in [0.15, 0.2) is 0 Å². The molecule has 1 amide bonds. The van der Waals surface area contributed by atoms with Crippen LogP contribution in [-0.2, 0) is 20.0 Å². The Labute approximate surface area is 193 Å². The van der Waals surface area contributed by atoms with E-state index in [9.17, 15) is 9.18 Å². The Morgan fingerprint density at radius 3 is 2.73 bits per heavy atom. The predicted octanol–water partition coefficient (Wildman–Crippen LogP) is 3.63. The minimum atomic E-state index is -0.221. The van der Waals surface area contributed by atoms with Crippen molar-refractivity contribution in [3.63, 3.8) is 0 Å². The lowest BCUT2D eigenvalue weighted by atomic mass is 9.95. The first-order chi connectivity index (χ1) is 16.0. The van der Waals surface area contributed by atoms with Crippen molar-refractivity contribution in [1.82, 2.24) is 24.6 Å². The van der Waals surface area contributed by atoms with Crippen LogP contribution in [0.15, 0.2) is 36.7 Å². The average Bonchev–Trinajstić information content (AvgIpc) is 3.27. The van der Waals surface area contributed by atoms with Crippen LogP contribution >= 0.6 is 0 Å². The highest BCUT2D eigenvalue weighted by Gasteiger charge is 2.30. The maximum Gasteiger partial charge on any atom is 0.257 e. The smallest absolute Gasteiger partial charge is 0.257 e. The molecule has 0 bridgehead atoms. The summed E-state index contributed by atoms with van der Waals surface area (Å²) in [6, 6.07) is 6.68. The Morgan fingerprint density at radius 2 is 1.97 bits per heavy atom. The maximum atomic E-state index is 13.3. The second kappa shape index (κ2) is 8.92. The quantitative estimate of drug-likeness (QED) is 0.610. The second-order valence-corrected chi connectivity index (χ2v) is 9.11. The summed E-state index contributed by atoms with van der Waals surface area (Å²) < 4.78 is 15.0. The van der Waals surface area contributed by atoms with Crippen molar-refractivity contribution in [2.45, 2.75) is 45.1 Å². The van der Waals surface area contributed by atoms with Crippen LogP contribution in [0.1, 0.15) is 58.2 Å². The van der Waals surface area contributed by atoms with Gasteiger partial charge in [0.2, 0.25) is 0 Å². The maximum absolute atomic E-state index is 13.3. The summed E-state index contributed by atoms with van der Waals surface area (Å²) in [5.41, 5.74) is 3.90. The highest BCUT2D eigenvalue weighted by molar-refractivity contribution is 5.93. The standard InChI is InChI=1S/C25H29FN6O/c1-17-22-6-4-11-31(14-18-7-9-21(26)10-8-18)24(22)29-23(28-17)19-5-3-12-32(16-19)25(33)20-13-27-30(2)15-20/h7-10,13,15,19H,3-6,11-12,14,16H2,1-2H3/t19-/m0/s1. The number of benzene rings is 1. The van der Waals surface area contributed by atoms with Crippen molar-refractivity contribution in [2.24, 2.45) is 7.05 Å². The molecule has 172 valence electrons. The van der Waals surface area contributed by atoms with Gasteiger partial charge in [0.25, 0.3) is 5.91 Å². The van der Waals surface area contributed by atoms with Crippen LogP contribution < -0.4 is 4.90 Å². The summed E-state index contributed by atoms with van der Waals surface area (Å²) in [7, 11) is 1.82. The van der Waals surface area contributed by atoms with Gasteiger partial charge in [-0.1, -0.05) is 12.1 Å². The van der Waals surface area contributed by atoms with Crippen molar-refractivity contribution < 1.29 is 9.18 Å². The molecule has 2 aliphatic rings. The van der Waals surface area contributed by atoms with Crippen molar-refractivity contribution in [3.8, 4) is 0 Å². The number of piperidine rings is 1. The number of rotatable bonds is 4. The number of halogens is 1. The van der Waals surface area contributed by atoms with E-state index in [1.54, 1.807) is 17.1 Å². The number of fused-ring (bicyclic) bond motifs is 1. The van der Waals surface area contributed by atoms with E-state index in [1.165, 1.54) is 17.7 Å². The van der Waals surface area contributed by atoms with E-state index in [-0.39, 0.29) is 17.6 Å². The zero-order chi connectivity index (χ0) is 22.9. The van der Waals surface area contributed by atoms with Crippen molar-refractivity contribution in [3.05, 3.63) is 70.7 Å². The predicted molar refractivity (Wildman–Crippen MR) is 124 cm³/mol. The van der Waals surface area contributed by atoms with Crippen molar-refractivity contribution in [2.75, 3.05) is 24.5 Å². The van der Waals surface area contributed by atoms with E-state index >= 15 is 0 Å². The molecule has 0 saturated carbocycles. The minimum Gasteiger partial charge on any atom is -0.352 e. The molecular formula is C25H29FN6O. The van der Waals surface area contributed by atoms with Crippen LogP contribution in [0.3, 0.4) is 0 Å². The van der Waals surface area contributed by atoms with Gasteiger partial charge in [-0.05, 0) is 50.3 Å². The lowest BCUT2D eigenvalue weighted by Gasteiger charge is -2.34. The fraction of sp³-hybridized carbons (Fsp3) is 0.440. The summed E-state index contributed by atoms with van der Waals surface area (Å²) >= 11 is 0. The first-order valence-corrected chi connectivity index (χ1v) is 11.6. The lowest BCUT2D eigenvalue weighted by Crippen LogP contribution is -2.40. The molecule has 3 aromatic rings. The highest BCUT2D eigenvalue weighted by atomic mass is 19.1. The van der Waals surface area contributed by atoms with E-state index in [1.807, 2.05) is 24.1 Å². The molecule has 2 aliphatic heterocycles. The average molecular weight is 449 g/mol. The van der Waals surface area contributed by atoms with Crippen molar-refractivity contribution >= 4 is 11.7 Å². The van der Waals surface area contributed by atoms with Crippen molar-refractivity contribution in [1.29, 1.82) is 0 Å². The summed E-state index contributed by atoms with van der Waals surface area (Å²) in [4.78, 5) is 27.1. The number of carbonyl (C=O) groups excluding carboxylic acids is 1. The summed E-state index contributed by atoms with van der Waals surface area (Å²) in [6.07, 6.45) is 7.30. The molecule has 1 fully saturated rings. The van der Waals surface area contributed by atoms with Gasteiger partial charge < -0.3 is 9.80 Å². The molecule has 1 saturated heterocycles. The number of amides is 1. The molecule has 1 aromatic carbocycles. The van der Waals surface area contributed by atoms with Gasteiger partial charge in [-0.25, -0.2) is 14.4 Å². The van der Waals surface area contributed by atoms with Gasteiger partial charge in [-0.3, -0.25) is 9.48 Å². The van der Waals surface area contributed by atoms with Gasteiger partial charge in [0.05, 0.1) is 11.8 Å². The Balaban J connectivity index is 1.39. The normalized spacial score (nSPS) is 18.3. The van der Waals surface area contributed by atoms with Crippen LogP contribution in [0.2, 0.25) is 0 Å². The number of hydrogen-bond donors (Lipinski definition) is 0. The molecule has 33 heavy (non-hydrogen) atoms. The third-order valence-electron chi connectivity index (χ3n) is 6.68. The Kier molecular flexibility index (Phi) is 5.83.